The van der Waals surface area contributed by atoms with Crippen molar-refractivity contribution in [2.45, 2.75) is 19.3 Å². The van der Waals surface area contributed by atoms with Crippen LogP contribution in [0.25, 0.3) is 10.9 Å². The number of Topliss-reactive ketones (excluding diaryl/α,β-unsaturated/α-hetero) is 1. The molecular weight excluding hydrogens is 262 g/mol. The van der Waals surface area contributed by atoms with Gasteiger partial charge in [-0.3, -0.25) is 4.79 Å². The Morgan fingerprint density at radius 2 is 2.00 bits per heavy atom. The van der Waals surface area contributed by atoms with Crippen LogP contribution in [0.2, 0.25) is 0 Å². The van der Waals surface area contributed by atoms with E-state index < -0.39 is 0 Å². The number of hydrogen-bond donors (Lipinski definition) is 0. The molecule has 108 valence electrons. The van der Waals surface area contributed by atoms with Crippen molar-refractivity contribution in [3.05, 3.63) is 54.2 Å². The number of rotatable bonds is 4. The van der Waals surface area contributed by atoms with Crippen LogP contribution < -0.4 is 0 Å². The Balaban J connectivity index is 1.89. The number of aromatic nitrogens is 3. The van der Waals surface area contributed by atoms with Crippen molar-refractivity contribution in [3.8, 4) is 0 Å². The highest BCUT2D eigenvalue weighted by Gasteiger charge is 2.19. The van der Waals surface area contributed by atoms with Crippen LogP contribution in [0, 0.1) is 0 Å². The van der Waals surface area contributed by atoms with Gasteiger partial charge in [0.2, 0.25) is 0 Å². The maximum Gasteiger partial charge on any atom is 0.198 e. The molecule has 3 rings (SSSR count). The summed E-state index contributed by atoms with van der Waals surface area (Å²) in [4.78, 5) is 16.5. The van der Waals surface area contributed by atoms with E-state index in [0.29, 0.717) is 12.2 Å². The second kappa shape index (κ2) is 5.20. The molecule has 0 spiro atoms. The van der Waals surface area contributed by atoms with Crippen LogP contribution in [0.15, 0.2) is 42.9 Å². The predicted octanol–water partition coefficient (Wildman–Crippen LogP) is 3.29. The van der Waals surface area contributed by atoms with E-state index in [4.69, 9.17) is 0 Å². The van der Waals surface area contributed by atoms with Gasteiger partial charge in [0.05, 0.1) is 0 Å². The van der Waals surface area contributed by atoms with E-state index in [1.54, 1.807) is 17.0 Å². The predicted molar refractivity (Wildman–Crippen MR) is 83.5 cm³/mol. The number of ketones is 1. The van der Waals surface area contributed by atoms with E-state index in [1.807, 2.05) is 26.2 Å². The first kappa shape index (κ1) is 13.6. The minimum Gasteiger partial charge on any atom is -0.350 e. The molecule has 0 aliphatic carbocycles. The molecule has 0 unspecified atom stereocenters. The quantitative estimate of drug-likeness (QED) is 0.688. The zero-order valence-corrected chi connectivity index (χ0v) is 12.6. The number of benzene rings is 1. The molecule has 1 aromatic carbocycles. The largest absolute Gasteiger partial charge is 0.350 e. The Kier molecular flexibility index (Phi) is 3.37. The third kappa shape index (κ3) is 2.37. The number of nitrogens with zero attached hydrogens (tertiary/aromatic N) is 3. The van der Waals surface area contributed by atoms with Crippen LogP contribution in [-0.2, 0) is 14.1 Å². The monoisotopic (exact) mass is 281 g/mol. The van der Waals surface area contributed by atoms with Gasteiger partial charge in [0.15, 0.2) is 11.6 Å². The summed E-state index contributed by atoms with van der Waals surface area (Å²) in [5.74, 6) is 0.783. The topological polar surface area (TPSA) is 39.8 Å². The van der Waals surface area contributed by atoms with E-state index in [2.05, 4.69) is 34.8 Å². The first-order chi connectivity index (χ1) is 10.1. The van der Waals surface area contributed by atoms with Gasteiger partial charge in [-0.15, -0.1) is 0 Å². The third-order valence-electron chi connectivity index (χ3n) is 4.02. The maximum absolute atomic E-state index is 12.4. The fourth-order valence-corrected chi connectivity index (χ4v) is 2.88. The molecule has 0 aliphatic rings. The molecule has 4 nitrogen and oxygen atoms in total. The molecule has 0 aliphatic heterocycles. The number of hydrogen-bond acceptors (Lipinski definition) is 2. The summed E-state index contributed by atoms with van der Waals surface area (Å²) < 4.78 is 3.89. The maximum atomic E-state index is 12.4. The summed E-state index contributed by atoms with van der Waals surface area (Å²) in [6.07, 6.45) is 6.06. The van der Waals surface area contributed by atoms with Gasteiger partial charge in [0, 0.05) is 50.0 Å². The van der Waals surface area contributed by atoms with Crippen molar-refractivity contribution >= 4 is 16.7 Å². The second-order valence-corrected chi connectivity index (χ2v) is 5.60. The van der Waals surface area contributed by atoms with E-state index in [9.17, 15) is 4.79 Å². The lowest BCUT2D eigenvalue weighted by molar-refractivity contribution is 0.0963. The SMILES string of the molecule is C[C@H](CC(=O)c1nccn1C)c1cn(C)c2ccccc12. The fraction of sp³-hybridized carbons (Fsp3) is 0.294. The van der Waals surface area contributed by atoms with Gasteiger partial charge < -0.3 is 9.13 Å². The number of para-hydroxylation sites is 1. The van der Waals surface area contributed by atoms with Crippen LogP contribution in [0.1, 0.15) is 35.4 Å². The number of fused-ring (bicyclic) bond motifs is 1. The lowest BCUT2D eigenvalue weighted by atomic mass is 9.95. The second-order valence-electron chi connectivity index (χ2n) is 5.60. The molecule has 0 amide bonds. The molecule has 3 aromatic rings. The summed E-state index contributed by atoms with van der Waals surface area (Å²) in [6.45, 7) is 2.10. The average molecular weight is 281 g/mol. The van der Waals surface area contributed by atoms with Crippen molar-refractivity contribution in [2.24, 2.45) is 14.1 Å². The normalized spacial score (nSPS) is 12.7. The fourth-order valence-electron chi connectivity index (χ4n) is 2.88. The van der Waals surface area contributed by atoms with Crippen LogP contribution >= 0.6 is 0 Å². The highest BCUT2D eigenvalue weighted by Crippen LogP contribution is 2.29. The van der Waals surface area contributed by atoms with Gasteiger partial charge in [-0.05, 0) is 17.5 Å². The summed E-state index contributed by atoms with van der Waals surface area (Å²) in [7, 11) is 3.89. The van der Waals surface area contributed by atoms with Crippen LogP contribution in [0.4, 0.5) is 0 Å². The molecule has 0 saturated heterocycles. The van der Waals surface area contributed by atoms with Crippen LogP contribution in [0.5, 0.6) is 0 Å². The summed E-state index contributed by atoms with van der Waals surface area (Å²) in [5.41, 5.74) is 2.42. The Hall–Kier alpha value is -2.36. The van der Waals surface area contributed by atoms with Gasteiger partial charge >= 0.3 is 0 Å². The van der Waals surface area contributed by atoms with Gasteiger partial charge in [0.1, 0.15) is 0 Å². The molecule has 0 saturated carbocycles. The number of imidazole rings is 1. The van der Waals surface area contributed by atoms with Crippen molar-refractivity contribution in [1.82, 2.24) is 14.1 Å². The molecule has 1 atom stereocenters. The Morgan fingerprint density at radius 3 is 2.71 bits per heavy atom. The van der Waals surface area contributed by atoms with Crippen molar-refractivity contribution in [1.29, 1.82) is 0 Å². The molecule has 0 bridgehead atoms. The zero-order chi connectivity index (χ0) is 15.0. The summed E-state index contributed by atoms with van der Waals surface area (Å²) in [5, 5.41) is 1.22. The summed E-state index contributed by atoms with van der Waals surface area (Å²) >= 11 is 0. The number of carbonyl (C=O) groups is 1. The van der Waals surface area contributed by atoms with Gasteiger partial charge in [-0.1, -0.05) is 25.1 Å². The molecular formula is C17H19N3O. The van der Waals surface area contributed by atoms with Crippen molar-refractivity contribution in [2.75, 3.05) is 0 Å². The first-order valence-electron chi connectivity index (χ1n) is 7.12. The summed E-state index contributed by atoms with van der Waals surface area (Å²) in [6, 6.07) is 8.30. The molecule has 2 aromatic heterocycles. The number of carbonyl (C=O) groups excluding carboxylic acids is 1. The Bertz CT molecular complexity index is 797. The van der Waals surface area contributed by atoms with Crippen molar-refractivity contribution < 1.29 is 4.79 Å². The molecule has 0 radical (unpaired) electrons. The molecule has 21 heavy (non-hydrogen) atoms. The lowest BCUT2D eigenvalue weighted by Gasteiger charge is -2.09. The van der Waals surface area contributed by atoms with Crippen LogP contribution in [0.3, 0.4) is 0 Å². The minimum atomic E-state index is 0.0861. The van der Waals surface area contributed by atoms with Crippen LogP contribution in [-0.4, -0.2) is 19.9 Å². The van der Waals surface area contributed by atoms with Gasteiger partial charge in [-0.25, -0.2) is 4.98 Å². The number of aryl methyl sites for hydroxylation is 2. The zero-order valence-electron chi connectivity index (χ0n) is 12.6. The smallest absolute Gasteiger partial charge is 0.198 e. The van der Waals surface area contributed by atoms with E-state index in [1.165, 1.54) is 16.5 Å². The molecule has 2 heterocycles. The van der Waals surface area contributed by atoms with E-state index in [0.717, 1.165) is 0 Å². The minimum absolute atomic E-state index is 0.0861. The van der Waals surface area contributed by atoms with Crippen molar-refractivity contribution in [3.63, 3.8) is 0 Å². The molecule has 0 fully saturated rings. The molecule has 0 N–H and O–H groups in total. The molecule has 4 heteroatoms. The first-order valence-corrected chi connectivity index (χ1v) is 7.12. The lowest BCUT2D eigenvalue weighted by Crippen LogP contribution is -2.10. The van der Waals surface area contributed by atoms with Gasteiger partial charge in [0.25, 0.3) is 0 Å². The highest BCUT2D eigenvalue weighted by atomic mass is 16.1. The van der Waals surface area contributed by atoms with E-state index >= 15 is 0 Å². The standard InChI is InChI=1S/C17H19N3O/c1-12(10-16(21)17-18-8-9-19(17)2)14-11-20(3)15-7-5-4-6-13(14)15/h4-9,11-12H,10H2,1-3H3/t12-/m1/s1. The highest BCUT2D eigenvalue weighted by molar-refractivity contribution is 5.94. The Morgan fingerprint density at radius 1 is 1.24 bits per heavy atom. The van der Waals surface area contributed by atoms with E-state index in [-0.39, 0.29) is 11.7 Å². The third-order valence-corrected chi connectivity index (χ3v) is 4.02. The Labute approximate surface area is 124 Å². The average Bonchev–Trinajstić information content (AvgIpc) is 3.03. The van der Waals surface area contributed by atoms with Gasteiger partial charge in [-0.2, -0.15) is 0 Å².